The molecular formula is C24H24FN3O3. The van der Waals surface area contributed by atoms with E-state index in [1.54, 1.807) is 36.0 Å². The summed E-state index contributed by atoms with van der Waals surface area (Å²) in [6.45, 7) is 3.76. The number of aryl methyl sites for hydroxylation is 3. The van der Waals surface area contributed by atoms with Crippen molar-refractivity contribution in [3.63, 3.8) is 0 Å². The summed E-state index contributed by atoms with van der Waals surface area (Å²) in [4.78, 5) is 26.1. The number of hydrogen-bond acceptors (Lipinski definition) is 4. The molecule has 0 saturated carbocycles. The molecule has 0 radical (unpaired) electrons. The highest BCUT2D eigenvalue weighted by Crippen LogP contribution is 2.38. The van der Waals surface area contributed by atoms with E-state index in [9.17, 15) is 14.0 Å². The van der Waals surface area contributed by atoms with Crippen molar-refractivity contribution in [2.24, 2.45) is 7.05 Å². The molecule has 1 aliphatic carbocycles. The molecule has 0 unspecified atom stereocenters. The number of amides is 1. The number of hydrogen-bond donors (Lipinski definition) is 1. The van der Waals surface area contributed by atoms with Crippen molar-refractivity contribution in [1.82, 2.24) is 15.1 Å². The van der Waals surface area contributed by atoms with Crippen LogP contribution in [-0.4, -0.2) is 34.6 Å². The molecule has 1 aromatic heterocycles. The maximum absolute atomic E-state index is 14.6. The van der Waals surface area contributed by atoms with E-state index in [0.717, 1.165) is 22.5 Å². The van der Waals surface area contributed by atoms with E-state index < -0.39 is 17.8 Å². The molecule has 0 aliphatic heterocycles. The number of methoxy groups -OCH3 is 1. The molecule has 6 nitrogen and oxygen atoms in total. The summed E-state index contributed by atoms with van der Waals surface area (Å²) in [6, 6.07) is 11.0. The van der Waals surface area contributed by atoms with Gasteiger partial charge in [0.05, 0.1) is 25.3 Å². The number of rotatable bonds is 4. The Morgan fingerprint density at radius 1 is 1.23 bits per heavy atom. The average molecular weight is 421 g/mol. The van der Waals surface area contributed by atoms with Crippen LogP contribution in [-0.2, 0) is 18.3 Å². The molecule has 0 bridgehead atoms. The number of fused-ring (bicyclic) bond motifs is 1. The molecule has 31 heavy (non-hydrogen) atoms. The van der Waals surface area contributed by atoms with Gasteiger partial charge in [0.15, 0.2) is 17.3 Å². The number of benzene rings is 2. The van der Waals surface area contributed by atoms with E-state index >= 15 is 0 Å². The predicted octanol–water partition coefficient (Wildman–Crippen LogP) is 3.24. The number of aromatic nitrogens is 2. The van der Waals surface area contributed by atoms with Crippen molar-refractivity contribution in [2.45, 2.75) is 32.2 Å². The van der Waals surface area contributed by atoms with Crippen molar-refractivity contribution in [3.8, 4) is 5.75 Å². The van der Waals surface area contributed by atoms with Crippen LogP contribution in [0.15, 0.2) is 42.5 Å². The molecule has 1 aliphatic rings. The molecule has 0 spiro atoms. The summed E-state index contributed by atoms with van der Waals surface area (Å²) in [5.74, 6) is -1.44. The standard InChI is InChI=1S/C24H24FN3O3/c1-13-6-5-7-16(10-13)24(30)26-23-19(29)12-18-21(14(2)27-28(18)3)22(23)15-8-9-20(31-4)17(25)11-15/h5-11,22-23H,12H2,1-4H3,(H,26,30)/t22-,23-/m1/s1. The molecule has 0 fully saturated rings. The van der Waals surface area contributed by atoms with Gasteiger partial charge in [-0.2, -0.15) is 5.10 Å². The van der Waals surface area contributed by atoms with E-state index in [4.69, 9.17) is 4.74 Å². The molecular weight excluding hydrogens is 397 g/mol. The lowest BCUT2D eigenvalue weighted by molar-refractivity contribution is -0.121. The lowest BCUT2D eigenvalue weighted by Crippen LogP contribution is -2.48. The number of Topliss-reactive ketones (excluding diaryl/α,β-unsaturated/α-hetero) is 1. The fraction of sp³-hybridized carbons (Fsp3) is 0.292. The number of ether oxygens (including phenoxy) is 1. The first-order valence-electron chi connectivity index (χ1n) is 10.1. The third kappa shape index (κ3) is 3.71. The van der Waals surface area contributed by atoms with E-state index in [1.165, 1.54) is 19.2 Å². The lowest BCUT2D eigenvalue weighted by Gasteiger charge is -2.32. The summed E-state index contributed by atoms with van der Waals surface area (Å²) >= 11 is 0. The third-order valence-corrected chi connectivity index (χ3v) is 5.83. The first-order chi connectivity index (χ1) is 14.8. The maximum Gasteiger partial charge on any atom is 0.251 e. The van der Waals surface area contributed by atoms with Gasteiger partial charge >= 0.3 is 0 Å². The average Bonchev–Trinajstić information content (AvgIpc) is 3.01. The monoisotopic (exact) mass is 421 g/mol. The molecule has 3 aromatic rings. The van der Waals surface area contributed by atoms with E-state index in [0.29, 0.717) is 11.1 Å². The highest BCUT2D eigenvalue weighted by Gasteiger charge is 2.41. The van der Waals surface area contributed by atoms with Crippen molar-refractivity contribution in [2.75, 3.05) is 7.11 Å². The maximum atomic E-state index is 14.6. The van der Waals surface area contributed by atoms with Gasteiger partial charge in [-0.05, 0) is 43.7 Å². The molecule has 7 heteroatoms. The van der Waals surface area contributed by atoms with Crippen LogP contribution in [0.2, 0.25) is 0 Å². The van der Waals surface area contributed by atoms with Crippen LogP contribution in [0.4, 0.5) is 4.39 Å². The van der Waals surface area contributed by atoms with Gasteiger partial charge in [-0.15, -0.1) is 0 Å². The fourth-order valence-electron chi connectivity index (χ4n) is 4.37. The van der Waals surface area contributed by atoms with Gasteiger partial charge < -0.3 is 10.1 Å². The summed E-state index contributed by atoms with van der Waals surface area (Å²) in [7, 11) is 3.19. The minimum Gasteiger partial charge on any atom is -0.494 e. The minimum absolute atomic E-state index is 0.120. The SMILES string of the molecule is COc1ccc([C@@H]2c3c(C)nn(C)c3CC(=O)[C@H]2NC(=O)c2cccc(C)c2)cc1F. The van der Waals surface area contributed by atoms with E-state index in [-0.39, 0.29) is 23.9 Å². The number of ketones is 1. The highest BCUT2D eigenvalue weighted by molar-refractivity contribution is 5.99. The number of carbonyl (C=O) groups is 2. The van der Waals surface area contributed by atoms with E-state index in [2.05, 4.69) is 10.4 Å². The van der Waals surface area contributed by atoms with Gasteiger partial charge in [0, 0.05) is 29.8 Å². The highest BCUT2D eigenvalue weighted by atomic mass is 19.1. The fourth-order valence-corrected chi connectivity index (χ4v) is 4.37. The Kier molecular flexibility index (Phi) is 5.35. The Labute approximate surface area is 180 Å². The summed E-state index contributed by atoms with van der Waals surface area (Å²) < 4.78 is 21.3. The lowest BCUT2D eigenvalue weighted by atomic mass is 9.76. The van der Waals surface area contributed by atoms with Gasteiger partial charge in [0.2, 0.25) is 0 Å². The van der Waals surface area contributed by atoms with Crippen LogP contribution < -0.4 is 10.1 Å². The van der Waals surface area contributed by atoms with Crippen LogP contribution in [0.25, 0.3) is 0 Å². The Bertz CT molecular complexity index is 1180. The topological polar surface area (TPSA) is 73.2 Å². The first kappa shape index (κ1) is 20.8. The third-order valence-electron chi connectivity index (χ3n) is 5.83. The summed E-state index contributed by atoms with van der Waals surface area (Å²) in [6.07, 6.45) is 0.153. The second kappa shape index (κ2) is 7.98. The number of halogens is 1. The second-order valence-corrected chi connectivity index (χ2v) is 7.90. The minimum atomic E-state index is -0.837. The first-order valence-corrected chi connectivity index (χ1v) is 10.1. The zero-order valence-electron chi connectivity index (χ0n) is 17.9. The normalized spacial score (nSPS) is 17.9. The van der Waals surface area contributed by atoms with Gasteiger partial charge in [-0.1, -0.05) is 23.8 Å². The van der Waals surface area contributed by atoms with Crippen molar-refractivity contribution < 1.29 is 18.7 Å². The van der Waals surface area contributed by atoms with Crippen LogP contribution >= 0.6 is 0 Å². The largest absolute Gasteiger partial charge is 0.494 e. The van der Waals surface area contributed by atoms with Crippen LogP contribution in [0.5, 0.6) is 5.75 Å². The molecule has 160 valence electrons. The molecule has 0 saturated heterocycles. The van der Waals surface area contributed by atoms with Crippen molar-refractivity contribution >= 4 is 11.7 Å². The number of nitrogens with zero attached hydrogens (tertiary/aromatic N) is 2. The quantitative estimate of drug-likeness (QED) is 0.702. The molecule has 1 heterocycles. The van der Waals surface area contributed by atoms with Gasteiger partial charge in [-0.3, -0.25) is 14.3 Å². The smallest absolute Gasteiger partial charge is 0.251 e. The van der Waals surface area contributed by atoms with Crippen LogP contribution in [0.1, 0.15) is 44.4 Å². The second-order valence-electron chi connectivity index (χ2n) is 7.90. The van der Waals surface area contributed by atoms with Gasteiger partial charge in [0.25, 0.3) is 5.91 Å². The van der Waals surface area contributed by atoms with Crippen LogP contribution in [0, 0.1) is 19.7 Å². The number of carbonyl (C=O) groups excluding carboxylic acids is 2. The van der Waals surface area contributed by atoms with Gasteiger partial charge in [0.1, 0.15) is 0 Å². The zero-order chi connectivity index (χ0) is 22.3. The van der Waals surface area contributed by atoms with Gasteiger partial charge in [-0.25, -0.2) is 4.39 Å². The summed E-state index contributed by atoms with van der Waals surface area (Å²) in [5.41, 5.74) is 4.38. The zero-order valence-corrected chi connectivity index (χ0v) is 17.9. The molecule has 1 amide bonds. The Morgan fingerprint density at radius 2 is 2.00 bits per heavy atom. The Balaban J connectivity index is 1.80. The molecule has 1 N–H and O–H groups in total. The number of nitrogens with one attached hydrogen (secondary N) is 1. The summed E-state index contributed by atoms with van der Waals surface area (Å²) in [5, 5.41) is 7.38. The molecule has 2 aromatic carbocycles. The Morgan fingerprint density at radius 3 is 2.68 bits per heavy atom. The Hall–Kier alpha value is -3.48. The van der Waals surface area contributed by atoms with E-state index in [1.807, 2.05) is 19.9 Å². The predicted molar refractivity (Wildman–Crippen MR) is 114 cm³/mol. The van der Waals surface area contributed by atoms with Crippen LogP contribution in [0.3, 0.4) is 0 Å². The van der Waals surface area contributed by atoms with Crippen molar-refractivity contribution in [3.05, 3.63) is 81.9 Å². The molecule has 2 atom stereocenters. The van der Waals surface area contributed by atoms with Crippen molar-refractivity contribution in [1.29, 1.82) is 0 Å². The molecule has 4 rings (SSSR count).